The van der Waals surface area contributed by atoms with Gasteiger partial charge in [0.2, 0.25) is 0 Å². The van der Waals surface area contributed by atoms with Crippen LogP contribution in [0.1, 0.15) is 33.6 Å². The van der Waals surface area contributed by atoms with Crippen molar-refractivity contribution in [1.82, 2.24) is 0 Å². The van der Waals surface area contributed by atoms with Gasteiger partial charge >= 0.3 is 0 Å². The highest BCUT2D eigenvalue weighted by Gasteiger charge is 2.73. The number of methoxy groups -OCH3 is 1. The van der Waals surface area contributed by atoms with E-state index < -0.39 is 29.3 Å². The molecule has 2 heterocycles. The second-order valence-electron chi connectivity index (χ2n) is 6.87. The van der Waals surface area contributed by atoms with Gasteiger partial charge in [0.15, 0.2) is 12.0 Å². The van der Waals surface area contributed by atoms with Gasteiger partial charge in [0, 0.05) is 13.5 Å². The normalized spacial score (nSPS) is 48.3. The van der Waals surface area contributed by atoms with Crippen molar-refractivity contribution in [2.24, 2.45) is 5.92 Å². The van der Waals surface area contributed by atoms with Gasteiger partial charge in [0.25, 0.3) is 0 Å². The molecule has 0 unspecified atom stereocenters. The Balaban J connectivity index is 1.82. The summed E-state index contributed by atoms with van der Waals surface area (Å²) in [7, 11) is 1.46. The molecule has 3 aliphatic rings. The van der Waals surface area contributed by atoms with Crippen LogP contribution in [0.25, 0.3) is 0 Å². The Morgan fingerprint density at radius 2 is 2.19 bits per heavy atom. The summed E-state index contributed by atoms with van der Waals surface area (Å²) in [5.41, 5.74) is 0.179. The van der Waals surface area contributed by atoms with Crippen LogP contribution >= 0.6 is 0 Å². The molecule has 4 nitrogen and oxygen atoms in total. The van der Waals surface area contributed by atoms with Crippen molar-refractivity contribution >= 4 is 5.78 Å². The van der Waals surface area contributed by atoms with E-state index >= 15 is 0 Å². The third kappa shape index (κ3) is 2.35. The smallest absolute Gasteiger partial charge is 0.196 e. The number of ether oxygens (including phenoxy) is 3. The van der Waals surface area contributed by atoms with E-state index in [0.717, 1.165) is 6.42 Å². The highest BCUT2D eigenvalue weighted by atomic mass is 19.1. The van der Waals surface area contributed by atoms with Gasteiger partial charge in [-0.15, -0.1) is 0 Å². The zero-order valence-corrected chi connectivity index (χ0v) is 13.0. The van der Waals surface area contributed by atoms with E-state index in [1.165, 1.54) is 12.7 Å². The lowest BCUT2D eigenvalue weighted by atomic mass is 9.68. The summed E-state index contributed by atoms with van der Waals surface area (Å²) >= 11 is 0. The van der Waals surface area contributed by atoms with Crippen LogP contribution < -0.4 is 0 Å². The molecule has 5 heteroatoms. The van der Waals surface area contributed by atoms with E-state index in [4.69, 9.17) is 14.2 Å². The number of hydrogen-bond donors (Lipinski definition) is 0. The molecule has 2 aliphatic heterocycles. The first-order chi connectivity index (χ1) is 9.84. The van der Waals surface area contributed by atoms with Crippen LogP contribution in [0.15, 0.2) is 11.6 Å². The van der Waals surface area contributed by atoms with Crippen molar-refractivity contribution in [3.8, 4) is 0 Å². The zero-order chi connectivity index (χ0) is 15.4. The number of alkyl halides is 1. The van der Waals surface area contributed by atoms with Crippen molar-refractivity contribution in [3.63, 3.8) is 0 Å². The molecule has 0 aromatic carbocycles. The summed E-state index contributed by atoms with van der Waals surface area (Å²) in [5.74, 6) is -0.702. The summed E-state index contributed by atoms with van der Waals surface area (Å²) in [6.45, 7) is 6.56. The lowest BCUT2D eigenvalue weighted by Crippen LogP contribution is -2.56. The van der Waals surface area contributed by atoms with Crippen LogP contribution in [0.2, 0.25) is 0 Å². The molecular formula is C16H23FO4. The number of ketones is 1. The van der Waals surface area contributed by atoms with Gasteiger partial charge in [-0.25, -0.2) is 4.39 Å². The van der Waals surface area contributed by atoms with Crippen molar-refractivity contribution < 1.29 is 23.4 Å². The summed E-state index contributed by atoms with van der Waals surface area (Å²) in [6.07, 6.45) is 0.825. The molecule has 3 fully saturated rings. The molecule has 21 heavy (non-hydrogen) atoms. The van der Waals surface area contributed by atoms with Crippen molar-refractivity contribution in [3.05, 3.63) is 11.6 Å². The lowest BCUT2D eigenvalue weighted by molar-refractivity contribution is -0.150. The first kappa shape index (κ1) is 15.1. The summed E-state index contributed by atoms with van der Waals surface area (Å²) < 4.78 is 30.7. The first-order valence-corrected chi connectivity index (χ1v) is 7.50. The fourth-order valence-corrected chi connectivity index (χ4v) is 3.79. The second kappa shape index (κ2) is 4.86. The van der Waals surface area contributed by atoms with Gasteiger partial charge in [-0.2, -0.15) is 0 Å². The number of carbonyl (C=O) groups is 1. The molecule has 6 atom stereocenters. The Hall–Kier alpha value is -0.780. The van der Waals surface area contributed by atoms with Gasteiger partial charge in [-0.05, 0) is 27.2 Å². The zero-order valence-electron chi connectivity index (χ0n) is 13.0. The van der Waals surface area contributed by atoms with Crippen LogP contribution in [0.3, 0.4) is 0 Å². The predicted octanol–water partition coefficient (Wildman–Crippen LogP) is 2.21. The average molecular weight is 298 g/mol. The third-order valence-electron chi connectivity index (χ3n) is 5.09. The standard InChI is InChI=1S/C16H23FO4/c1-9(2)5-6-11-15(3,21-11)14-13(19-4)12(18)10(17)7-16(14)8-20-16/h5,10-11,13-14H,6-8H2,1-4H3/t10-,11+,13+,14+,15+,16-/m0/s1. The number of carbonyl (C=O) groups excluding carboxylic acids is 1. The molecule has 1 saturated carbocycles. The number of Topliss-reactive ketones (excluding diaryl/α,β-unsaturated/α-hetero) is 1. The molecule has 0 aromatic heterocycles. The van der Waals surface area contributed by atoms with Gasteiger partial charge in [-0.3, -0.25) is 4.79 Å². The monoisotopic (exact) mass is 298 g/mol. The van der Waals surface area contributed by atoms with Crippen LogP contribution in [-0.2, 0) is 19.0 Å². The van der Waals surface area contributed by atoms with Crippen molar-refractivity contribution in [1.29, 1.82) is 0 Å². The minimum Gasteiger partial charge on any atom is -0.373 e. The van der Waals surface area contributed by atoms with Gasteiger partial charge in [0.1, 0.15) is 17.3 Å². The van der Waals surface area contributed by atoms with Crippen molar-refractivity contribution in [2.75, 3.05) is 13.7 Å². The van der Waals surface area contributed by atoms with Crippen molar-refractivity contribution in [2.45, 2.75) is 63.2 Å². The maximum Gasteiger partial charge on any atom is 0.196 e. The predicted molar refractivity (Wildman–Crippen MR) is 74.8 cm³/mol. The molecule has 2 saturated heterocycles. The Labute approximate surface area is 124 Å². The minimum absolute atomic E-state index is 0.0417. The number of halogens is 1. The molecule has 118 valence electrons. The molecule has 1 aliphatic carbocycles. The summed E-state index contributed by atoms with van der Waals surface area (Å²) in [6, 6.07) is 0. The molecule has 0 bridgehead atoms. The Kier molecular flexibility index (Phi) is 3.50. The lowest BCUT2D eigenvalue weighted by Gasteiger charge is -2.38. The first-order valence-electron chi connectivity index (χ1n) is 7.50. The molecule has 3 rings (SSSR count). The molecule has 1 spiro atoms. The van der Waals surface area contributed by atoms with Crippen LogP contribution in [0, 0.1) is 5.92 Å². The maximum atomic E-state index is 13.9. The van der Waals surface area contributed by atoms with E-state index in [2.05, 4.69) is 6.08 Å². The highest BCUT2D eigenvalue weighted by molar-refractivity contribution is 5.89. The van der Waals surface area contributed by atoms with Crippen LogP contribution in [-0.4, -0.2) is 49.1 Å². The SMILES string of the molecule is CO[C@@H]1C(=O)[C@@H](F)C[C@]2(CO2)[C@H]1[C@]1(C)O[C@@H]1CC=C(C)C. The Morgan fingerprint density at radius 3 is 2.71 bits per heavy atom. The van der Waals surface area contributed by atoms with E-state index in [0.29, 0.717) is 6.61 Å². The fourth-order valence-electron chi connectivity index (χ4n) is 3.79. The van der Waals surface area contributed by atoms with Gasteiger partial charge in [0.05, 0.1) is 18.6 Å². The maximum absolute atomic E-state index is 13.9. The largest absolute Gasteiger partial charge is 0.373 e. The summed E-state index contributed by atoms with van der Waals surface area (Å²) in [4.78, 5) is 12.1. The number of epoxide rings is 2. The van der Waals surface area contributed by atoms with Gasteiger partial charge in [-0.1, -0.05) is 11.6 Å². The highest BCUT2D eigenvalue weighted by Crippen LogP contribution is 2.59. The molecule has 0 amide bonds. The molecule has 0 N–H and O–H groups in total. The Morgan fingerprint density at radius 1 is 1.52 bits per heavy atom. The quantitative estimate of drug-likeness (QED) is 0.590. The van der Waals surface area contributed by atoms with E-state index in [9.17, 15) is 9.18 Å². The van der Waals surface area contributed by atoms with Gasteiger partial charge < -0.3 is 14.2 Å². The minimum atomic E-state index is -1.49. The van der Waals surface area contributed by atoms with Crippen LogP contribution in [0.4, 0.5) is 4.39 Å². The average Bonchev–Trinajstić information content (AvgIpc) is 3.31. The number of allylic oxidation sites excluding steroid dienone is 1. The van der Waals surface area contributed by atoms with Crippen LogP contribution in [0.5, 0.6) is 0 Å². The number of rotatable bonds is 4. The topological polar surface area (TPSA) is 51.4 Å². The van der Waals surface area contributed by atoms with E-state index in [-0.39, 0.29) is 18.4 Å². The second-order valence-corrected chi connectivity index (χ2v) is 6.87. The van der Waals surface area contributed by atoms with E-state index in [1.807, 2.05) is 20.8 Å². The number of hydrogen-bond acceptors (Lipinski definition) is 4. The third-order valence-corrected chi connectivity index (χ3v) is 5.09. The summed E-state index contributed by atoms with van der Waals surface area (Å²) in [5, 5.41) is 0. The molecule has 0 radical (unpaired) electrons. The Bertz CT molecular complexity index is 481. The molecule has 0 aromatic rings. The molecular weight excluding hydrogens is 275 g/mol. The van der Waals surface area contributed by atoms with E-state index in [1.54, 1.807) is 0 Å². The fraction of sp³-hybridized carbons (Fsp3) is 0.812.